The van der Waals surface area contributed by atoms with Gasteiger partial charge in [-0.25, -0.2) is 9.37 Å². The number of nitrogens with zero attached hydrogens (tertiary/aromatic N) is 2. The molecule has 0 aliphatic carbocycles. The smallest absolute Gasteiger partial charge is 0.257 e. The van der Waals surface area contributed by atoms with Crippen molar-refractivity contribution in [3.63, 3.8) is 0 Å². The molecule has 2 aromatic rings. The third kappa shape index (κ3) is 3.33. The van der Waals surface area contributed by atoms with Crippen molar-refractivity contribution in [2.45, 2.75) is 6.54 Å². The Morgan fingerprint density at radius 3 is 2.70 bits per heavy atom. The van der Waals surface area contributed by atoms with Crippen LogP contribution in [-0.4, -0.2) is 22.8 Å². The lowest BCUT2D eigenvalue weighted by Gasteiger charge is -2.18. The van der Waals surface area contributed by atoms with Crippen LogP contribution in [0.5, 0.6) is 0 Å². The van der Waals surface area contributed by atoms with Crippen LogP contribution < -0.4 is 5.73 Å². The number of halogens is 2. The first-order valence-electron chi connectivity index (χ1n) is 5.88. The number of rotatable bonds is 3. The van der Waals surface area contributed by atoms with E-state index in [-0.39, 0.29) is 17.3 Å². The molecule has 0 bridgehead atoms. The van der Waals surface area contributed by atoms with Gasteiger partial charge in [-0.2, -0.15) is 0 Å². The van der Waals surface area contributed by atoms with Gasteiger partial charge in [-0.15, -0.1) is 0 Å². The predicted octanol–water partition coefficient (Wildman–Crippen LogP) is 2.84. The third-order valence-corrected chi connectivity index (χ3v) is 3.32. The van der Waals surface area contributed by atoms with Gasteiger partial charge in [-0.3, -0.25) is 4.79 Å². The molecule has 2 rings (SSSR count). The lowest BCUT2D eigenvalue weighted by Crippen LogP contribution is -2.27. The number of amides is 1. The second-order valence-corrected chi connectivity index (χ2v) is 5.29. The van der Waals surface area contributed by atoms with E-state index in [1.54, 1.807) is 7.05 Å². The Balaban J connectivity index is 2.16. The topological polar surface area (TPSA) is 59.2 Å². The Kier molecular flexibility index (Phi) is 4.34. The molecule has 20 heavy (non-hydrogen) atoms. The molecule has 0 aliphatic rings. The largest absolute Gasteiger partial charge is 0.383 e. The SMILES string of the molecule is CN(Cc1ccc(Br)cc1)C(=O)c1cc(F)cnc1N. The second kappa shape index (κ2) is 6.00. The first-order valence-corrected chi connectivity index (χ1v) is 6.67. The number of anilines is 1. The van der Waals surface area contributed by atoms with Crippen LogP contribution in [-0.2, 0) is 6.54 Å². The van der Waals surface area contributed by atoms with Gasteiger partial charge in [0.1, 0.15) is 11.6 Å². The van der Waals surface area contributed by atoms with E-state index in [0.717, 1.165) is 22.3 Å². The van der Waals surface area contributed by atoms with Crippen molar-refractivity contribution >= 4 is 27.7 Å². The van der Waals surface area contributed by atoms with E-state index >= 15 is 0 Å². The number of carbonyl (C=O) groups is 1. The molecule has 6 heteroatoms. The minimum Gasteiger partial charge on any atom is -0.383 e. The van der Waals surface area contributed by atoms with Crippen LogP contribution in [0.1, 0.15) is 15.9 Å². The lowest BCUT2D eigenvalue weighted by atomic mass is 10.2. The van der Waals surface area contributed by atoms with Gasteiger partial charge in [-0.1, -0.05) is 28.1 Å². The maximum absolute atomic E-state index is 13.1. The highest BCUT2D eigenvalue weighted by molar-refractivity contribution is 9.10. The van der Waals surface area contributed by atoms with Crippen LogP contribution in [0.25, 0.3) is 0 Å². The summed E-state index contributed by atoms with van der Waals surface area (Å²) in [4.78, 5) is 17.3. The number of hydrogen-bond donors (Lipinski definition) is 1. The van der Waals surface area contributed by atoms with Crippen LogP contribution >= 0.6 is 15.9 Å². The first-order chi connectivity index (χ1) is 9.47. The summed E-state index contributed by atoms with van der Waals surface area (Å²) in [5.41, 5.74) is 6.65. The molecule has 0 radical (unpaired) electrons. The quantitative estimate of drug-likeness (QED) is 0.936. The van der Waals surface area contributed by atoms with Crippen molar-refractivity contribution in [2.75, 3.05) is 12.8 Å². The van der Waals surface area contributed by atoms with E-state index in [9.17, 15) is 9.18 Å². The Morgan fingerprint density at radius 1 is 1.40 bits per heavy atom. The summed E-state index contributed by atoms with van der Waals surface area (Å²) >= 11 is 3.35. The van der Waals surface area contributed by atoms with Gasteiger partial charge in [0, 0.05) is 18.1 Å². The number of nitrogens with two attached hydrogens (primary N) is 1. The van der Waals surface area contributed by atoms with Crippen LogP contribution in [0.3, 0.4) is 0 Å². The average molecular weight is 338 g/mol. The predicted molar refractivity (Wildman–Crippen MR) is 78.5 cm³/mol. The summed E-state index contributed by atoms with van der Waals surface area (Å²) in [5, 5.41) is 0. The molecular weight excluding hydrogens is 325 g/mol. The van der Waals surface area contributed by atoms with Crippen molar-refractivity contribution in [3.05, 3.63) is 57.9 Å². The van der Waals surface area contributed by atoms with Crippen LogP contribution in [0.15, 0.2) is 41.0 Å². The normalized spacial score (nSPS) is 10.3. The zero-order valence-electron chi connectivity index (χ0n) is 10.8. The van der Waals surface area contributed by atoms with Gasteiger partial charge in [-0.05, 0) is 23.8 Å². The summed E-state index contributed by atoms with van der Waals surface area (Å²) < 4.78 is 14.1. The highest BCUT2D eigenvalue weighted by Crippen LogP contribution is 2.15. The first kappa shape index (κ1) is 14.5. The summed E-state index contributed by atoms with van der Waals surface area (Å²) in [5.74, 6) is -0.920. The second-order valence-electron chi connectivity index (χ2n) is 4.37. The maximum Gasteiger partial charge on any atom is 0.257 e. The number of benzene rings is 1. The molecule has 1 amide bonds. The van der Waals surface area contributed by atoms with Gasteiger partial charge in [0.2, 0.25) is 0 Å². The molecule has 1 aromatic carbocycles. The lowest BCUT2D eigenvalue weighted by molar-refractivity contribution is 0.0785. The van der Waals surface area contributed by atoms with E-state index in [1.165, 1.54) is 4.90 Å². The summed E-state index contributed by atoms with van der Waals surface area (Å²) in [6.45, 7) is 0.405. The Morgan fingerprint density at radius 2 is 2.05 bits per heavy atom. The number of aromatic nitrogens is 1. The fourth-order valence-corrected chi connectivity index (χ4v) is 2.03. The summed E-state index contributed by atoms with van der Waals surface area (Å²) in [6.07, 6.45) is 0.987. The third-order valence-electron chi connectivity index (χ3n) is 2.80. The van der Waals surface area contributed by atoms with Crippen LogP contribution in [0, 0.1) is 5.82 Å². The molecule has 0 unspecified atom stereocenters. The fourth-order valence-electron chi connectivity index (χ4n) is 1.76. The fraction of sp³-hybridized carbons (Fsp3) is 0.143. The molecular formula is C14H13BrFN3O. The van der Waals surface area contributed by atoms with Gasteiger partial charge >= 0.3 is 0 Å². The van der Waals surface area contributed by atoms with E-state index in [2.05, 4.69) is 20.9 Å². The van der Waals surface area contributed by atoms with E-state index in [4.69, 9.17) is 5.73 Å². The zero-order valence-corrected chi connectivity index (χ0v) is 12.4. The molecule has 1 heterocycles. The van der Waals surface area contributed by atoms with Crippen LogP contribution in [0.4, 0.5) is 10.2 Å². The van der Waals surface area contributed by atoms with Gasteiger partial charge in [0.05, 0.1) is 11.8 Å². The molecule has 0 saturated carbocycles. The van der Waals surface area contributed by atoms with Crippen molar-refractivity contribution < 1.29 is 9.18 Å². The van der Waals surface area contributed by atoms with Crippen molar-refractivity contribution in [1.82, 2.24) is 9.88 Å². The summed E-state index contributed by atoms with van der Waals surface area (Å²) in [6, 6.07) is 8.70. The maximum atomic E-state index is 13.1. The van der Waals surface area contributed by atoms with Crippen LogP contribution in [0.2, 0.25) is 0 Å². The Hall–Kier alpha value is -1.95. The zero-order chi connectivity index (χ0) is 14.7. The highest BCUT2D eigenvalue weighted by Gasteiger charge is 2.16. The minimum absolute atomic E-state index is 0.0269. The van der Waals surface area contributed by atoms with Gasteiger partial charge in [0.15, 0.2) is 0 Å². The Bertz CT molecular complexity index is 631. The molecule has 104 valence electrons. The molecule has 0 aliphatic heterocycles. The molecule has 2 N–H and O–H groups in total. The Labute approximate surface area is 124 Å². The molecule has 4 nitrogen and oxygen atoms in total. The average Bonchev–Trinajstić information content (AvgIpc) is 2.43. The summed E-state index contributed by atoms with van der Waals surface area (Å²) in [7, 11) is 1.63. The minimum atomic E-state index is -0.584. The number of nitrogen functional groups attached to an aromatic ring is 1. The number of pyridine rings is 1. The number of carbonyl (C=O) groups excluding carboxylic acids is 1. The van der Waals surface area contributed by atoms with Crippen molar-refractivity contribution in [2.24, 2.45) is 0 Å². The van der Waals surface area contributed by atoms with Crippen molar-refractivity contribution in [3.8, 4) is 0 Å². The molecule has 0 spiro atoms. The van der Waals surface area contributed by atoms with E-state index < -0.39 is 5.82 Å². The van der Waals surface area contributed by atoms with Crippen molar-refractivity contribution in [1.29, 1.82) is 0 Å². The molecule has 1 aromatic heterocycles. The standard InChI is InChI=1S/C14H13BrFN3O/c1-19(8-9-2-4-10(15)5-3-9)14(20)12-6-11(16)7-18-13(12)17/h2-7H,8H2,1H3,(H2,17,18). The van der Waals surface area contributed by atoms with E-state index in [1.807, 2.05) is 24.3 Å². The van der Waals surface area contributed by atoms with Gasteiger partial charge < -0.3 is 10.6 Å². The number of hydrogen-bond acceptors (Lipinski definition) is 3. The van der Waals surface area contributed by atoms with E-state index in [0.29, 0.717) is 6.54 Å². The monoisotopic (exact) mass is 337 g/mol. The highest BCUT2D eigenvalue weighted by atomic mass is 79.9. The molecule has 0 fully saturated rings. The molecule has 0 atom stereocenters. The molecule has 0 saturated heterocycles. The van der Waals surface area contributed by atoms with Gasteiger partial charge in [0.25, 0.3) is 5.91 Å².